The molecule has 0 atom stereocenters. The number of benzene rings is 2. The number of rotatable bonds is 6. The van der Waals surface area contributed by atoms with Crippen LogP contribution < -0.4 is 16.6 Å². The van der Waals surface area contributed by atoms with E-state index in [2.05, 4.69) is 10.3 Å². The Morgan fingerprint density at radius 1 is 0.969 bits per heavy atom. The van der Waals surface area contributed by atoms with E-state index in [-0.39, 0.29) is 24.5 Å². The van der Waals surface area contributed by atoms with Gasteiger partial charge < -0.3 is 5.32 Å². The highest BCUT2D eigenvalue weighted by atomic mass is 16.2. The van der Waals surface area contributed by atoms with E-state index in [0.29, 0.717) is 17.6 Å². The fraction of sp³-hybridized carbons (Fsp3) is 0.200. The zero-order valence-corrected chi connectivity index (χ0v) is 18.0. The molecule has 0 spiro atoms. The van der Waals surface area contributed by atoms with Crippen LogP contribution in [0.15, 0.2) is 76.4 Å². The van der Waals surface area contributed by atoms with Gasteiger partial charge in [-0.1, -0.05) is 42.5 Å². The maximum atomic E-state index is 13.3. The van der Waals surface area contributed by atoms with Crippen molar-refractivity contribution in [3.8, 4) is 0 Å². The van der Waals surface area contributed by atoms with Crippen molar-refractivity contribution in [2.45, 2.75) is 33.4 Å². The number of carbonyl (C=O) groups is 1. The lowest BCUT2D eigenvalue weighted by atomic mass is 10.1. The molecule has 1 amide bonds. The third kappa shape index (κ3) is 4.37. The van der Waals surface area contributed by atoms with Crippen LogP contribution in [0, 0.1) is 13.8 Å². The molecule has 1 N–H and O–H groups in total. The van der Waals surface area contributed by atoms with Crippen LogP contribution in [-0.2, 0) is 24.3 Å². The SMILES string of the molecule is Cc1ccc(C)c(NC(=O)Cn2c(=O)n(CCc3ccccc3)c(=O)c3ncccc32)c1. The first-order chi connectivity index (χ1) is 15.4. The summed E-state index contributed by atoms with van der Waals surface area (Å²) < 4.78 is 2.47. The van der Waals surface area contributed by atoms with Crippen LogP contribution in [0.25, 0.3) is 11.0 Å². The molecule has 162 valence electrons. The Morgan fingerprint density at radius 2 is 1.75 bits per heavy atom. The van der Waals surface area contributed by atoms with E-state index in [1.165, 1.54) is 10.8 Å². The number of aryl methyl sites for hydroxylation is 3. The van der Waals surface area contributed by atoms with Gasteiger partial charge in [0.15, 0.2) is 5.52 Å². The van der Waals surface area contributed by atoms with Gasteiger partial charge in [0.05, 0.1) is 5.52 Å². The van der Waals surface area contributed by atoms with Crippen molar-refractivity contribution in [3.63, 3.8) is 0 Å². The number of hydrogen-bond donors (Lipinski definition) is 1. The van der Waals surface area contributed by atoms with Crippen molar-refractivity contribution in [1.29, 1.82) is 0 Å². The average Bonchev–Trinajstić information content (AvgIpc) is 2.80. The van der Waals surface area contributed by atoms with Gasteiger partial charge >= 0.3 is 5.69 Å². The lowest BCUT2D eigenvalue weighted by Gasteiger charge is -2.14. The molecule has 2 aromatic heterocycles. The van der Waals surface area contributed by atoms with E-state index in [0.717, 1.165) is 21.3 Å². The largest absolute Gasteiger partial charge is 0.332 e. The maximum Gasteiger partial charge on any atom is 0.332 e. The van der Waals surface area contributed by atoms with Crippen LogP contribution in [0.3, 0.4) is 0 Å². The first kappa shape index (κ1) is 21.2. The van der Waals surface area contributed by atoms with Crippen molar-refractivity contribution in [2.75, 3.05) is 5.32 Å². The van der Waals surface area contributed by atoms with Gasteiger partial charge in [-0.25, -0.2) is 9.78 Å². The molecule has 0 aliphatic rings. The summed E-state index contributed by atoms with van der Waals surface area (Å²) in [6, 6.07) is 18.7. The molecule has 0 unspecified atom stereocenters. The Hall–Kier alpha value is -4.00. The molecular weight excluding hydrogens is 404 g/mol. The molecule has 0 aliphatic carbocycles. The number of hydrogen-bond acceptors (Lipinski definition) is 4. The van der Waals surface area contributed by atoms with Gasteiger partial charge in [-0.05, 0) is 55.2 Å². The van der Waals surface area contributed by atoms with E-state index in [4.69, 9.17) is 0 Å². The Bertz CT molecular complexity index is 1400. The summed E-state index contributed by atoms with van der Waals surface area (Å²) in [6.07, 6.45) is 2.03. The summed E-state index contributed by atoms with van der Waals surface area (Å²) in [4.78, 5) is 43.2. The molecular formula is C25H24N4O3. The van der Waals surface area contributed by atoms with Gasteiger partial charge in [-0.2, -0.15) is 0 Å². The lowest BCUT2D eigenvalue weighted by Crippen LogP contribution is -2.42. The van der Waals surface area contributed by atoms with Gasteiger partial charge in [-0.15, -0.1) is 0 Å². The highest BCUT2D eigenvalue weighted by Gasteiger charge is 2.16. The Kier molecular flexibility index (Phi) is 5.98. The quantitative estimate of drug-likeness (QED) is 0.511. The molecule has 4 aromatic rings. The van der Waals surface area contributed by atoms with Crippen molar-refractivity contribution < 1.29 is 4.79 Å². The number of anilines is 1. The van der Waals surface area contributed by atoms with E-state index >= 15 is 0 Å². The number of fused-ring (bicyclic) bond motifs is 1. The minimum Gasteiger partial charge on any atom is -0.324 e. The molecule has 4 rings (SSSR count). The van der Waals surface area contributed by atoms with E-state index < -0.39 is 11.2 Å². The van der Waals surface area contributed by atoms with Crippen LogP contribution in [0.1, 0.15) is 16.7 Å². The molecule has 7 heteroatoms. The fourth-order valence-electron chi connectivity index (χ4n) is 3.68. The molecule has 0 bridgehead atoms. The summed E-state index contributed by atoms with van der Waals surface area (Å²) in [5.41, 5.74) is 3.19. The molecule has 32 heavy (non-hydrogen) atoms. The monoisotopic (exact) mass is 428 g/mol. The molecule has 0 aliphatic heterocycles. The topological polar surface area (TPSA) is 86.0 Å². The molecule has 7 nitrogen and oxygen atoms in total. The number of pyridine rings is 1. The fourth-order valence-corrected chi connectivity index (χ4v) is 3.68. The number of carbonyl (C=O) groups excluding carboxylic acids is 1. The number of amides is 1. The number of nitrogens with one attached hydrogen (secondary N) is 1. The van der Waals surface area contributed by atoms with Crippen molar-refractivity contribution >= 4 is 22.6 Å². The zero-order valence-electron chi connectivity index (χ0n) is 18.0. The summed E-state index contributed by atoms with van der Waals surface area (Å²) >= 11 is 0. The summed E-state index contributed by atoms with van der Waals surface area (Å²) in [7, 11) is 0. The van der Waals surface area contributed by atoms with Gasteiger partial charge in [0.2, 0.25) is 5.91 Å². The minimum atomic E-state index is -0.525. The lowest BCUT2D eigenvalue weighted by molar-refractivity contribution is -0.116. The van der Waals surface area contributed by atoms with Crippen molar-refractivity contribution in [1.82, 2.24) is 14.1 Å². The maximum absolute atomic E-state index is 13.3. The molecule has 0 fully saturated rings. The predicted octanol–water partition coefficient (Wildman–Crippen LogP) is 3.06. The minimum absolute atomic E-state index is 0.166. The first-order valence-electron chi connectivity index (χ1n) is 10.4. The van der Waals surface area contributed by atoms with Crippen LogP contribution in [-0.4, -0.2) is 20.0 Å². The van der Waals surface area contributed by atoms with Crippen molar-refractivity contribution in [2.24, 2.45) is 0 Å². The van der Waals surface area contributed by atoms with Crippen molar-refractivity contribution in [3.05, 3.63) is 104 Å². The smallest absolute Gasteiger partial charge is 0.324 e. The average molecular weight is 428 g/mol. The summed E-state index contributed by atoms with van der Waals surface area (Å²) in [5, 5.41) is 2.88. The zero-order chi connectivity index (χ0) is 22.7. The van der Waals surface area contributed by atoms with Crippen LogP contribution in [0.5, 0.6) is 0 Å². The van der Waals surface area contributed by atoms with Gasteiger partial charge in [0, 0.05) is 18.4 Å². The van der Waals surface area contributed by atoms with E-state index in [1.54, 1.807) is 12.1 Å². The Morgan fingerprint density at radius 3 is 2.53 bits per heavy atom. The standard InChI is InChI=1S/C25H24N4O3/c1-17-10-11-18(2)20(15-17)27-22(30)16-29-21-9-6-13-26-23(21)24(31)28(25(29)32)14-12-19-7-4-3-5-8-19/h3-11,13,15H,12,14,16H2,1-2H3,(H,27,30). The van der Waals surface area contributed by atoms with Gasteiger partial charge in [0.25, 0.3) is 5.56 Å². The van der Waals surface area contributed by atoms with Gasteiger partial charge in [0.1, 0.15) is 6.54 Å². The second kappa shape index (κ2) is 9.01. The van der Waals surface area contributed by atoms with Gasteiger partial charge in [-0.3, -0.25) is 18.7 Å². The third-order valence-electron chi connectivity index (χ3n) is 5.42. The van der Waals surface area contributed by atoms with Crippen LogP contribution >= 0.6 is 0 Å². The normalized spacial score (nSPS) is 10.9. The molecule has 2 aromatic carbocycles. The number of nitrogens with zero attached hydrogens (tertiary/aromatic N) is 3. The number of aromatic nitrogens is 3. The molecule has 2 heterocycles. The van der Waals surface area contributed by atoms with E-state index in [9.17, 15) is 14.4 Å². The first-order valence-corrected chi connectivity index (χ1v) is 10.4. The highest BCUT2D eigenvalue weighted by Crippen LogP contribution is 2.16. The molecule has 0 saturated carbocycles. The molecule has 0 radical (unpaired) electrons. The van der Waals surface area contributed by atoms with Crippen LogP contribution in [0.2, 0.25) is 0 Å². The third-order valence-corrected chi connectivity index (χ3v) is 5.42. The Balaban J connectivity index is 1.70. The second-order valence-corrected chi connectivity index (χ2v) is 7.80. The van der Waals surface area contributed by atoms with Crippen LogP contribution in [0.4, 0.5) is 5.69 Å². The molecule has 0 saturated heterocycles. The second-order valence-electron chi connectivity index (χ2n) is 7.80. The summed E-state index contributed by atoms with van der Waals surface area (Å²) in [5.74, 6) is -0.348. The Labute approximate surface area is 185 Å². The highest BCUT2D eigenvalue weighted by molar-refractivity contribution is 5.92. The predicted molar refractivity (Wildman–Crippen MR) is 125 cm³/mol. The summed E-state index contributed by atoms with van der Waals surface area (Å²) in [6.45, 7) is 3.83. The van der Waals surface area contributed by atoms with E-state index in [1.807, 2.05) is 62.4 Å².